The van der Waals surface area contributed by atoms with Crippen LogP contribution in [0.5, 0.6) is 0 Å². The number of benzene rings is 1. The molecule has 3 N–H and O–H groups in total. The van der Waals surface area contributed by atoms with E-state index in [1.807, 2.05) is 19.1 Å². The van der Waals surface area contributed by atoms with Crippen LogP contribution in [0.4, 0.5) is 5.69 Å². The smallest absolute Gasteiger partial charge is 0.254 e. The Morgan fingerprint density at radius 2 is 1.83 bits per heavy atom. The van der Waals surface area contributed by atoms with Gasteiger partial charge in [-0.1, -0.05) is 0 Å². The number of carbonyl (C=O) groups is 1. The van der Waals surface area contributed by atoms with Crippen molar-refractivity contribution in [2.24, 2.45) is 0 Å². The maximum atomic E-state index is 12.1. The van der Waals surface area contributed by atoms with Gasteiger partial charge in [0.05, 0.1) is 12.2 Å². The molecule has 1 saturated heterocycles. The number of amides is 1. The number of aliphatic hydroxyl groups is 2. The van der Waals surface area contributed by atoms with E-state index in [0.29, 0.717) is 5.56 Å². The summed E-state index contributed by atoms with van der Waals surface area (Å²) < 4.78 is 0. The Labute approximate surface area is 106 Å². The molecule has 1 aromatic carbocycles. The predicted molar refractivity (Wildman–Crippen MR) is 68.5 cm³/mol. The van der Waals surface area contributed by atoms with Gasteiger partial charge in [0.2, 0.25) is 0 Å². The summed E-state index contributed by atoms with van der Waals surface area (Å²) in [5.74, 6) is -0.159. The van der Waals surface area contributed by atoms with E-state index in [9.17, 15) is 15.0 Å². The Balaban J connectivity index is 2.05. The van der Waals surface area contributed by atoms with E-state index in [4.69, 9.17) is 0 Å². The first-order valence-electron chi connectivity index (χ1n) is 6.11. The van der Waals surface area contributed by atoms with E-state index < -0.39 is 12.2 Å². The molecule has 2 atom stereocenters. The van der Waals surface area contributed by atoms with Crippen molar-refractivity contribution in [1.82, 2.24) is 4.90 Å². The molecule has 1 amide bonds. The Morgan fingerprint density at radius 3 is 2.33 bits per heavy atom. The molecule has 1 aromatic rings. The highest BCUT2D eigenvalue weighted by molar-refractivity contribution is 5.94. The molecule has 5 nitrogen and oxygen atoms in total. The van der Waals surface area contributed by atoms with Gasteiger partial charge in [0, 0.05) is 30.9 Å². The van der Waals surface area contributed by atoms with Crippen LogP contribution in [-0.4, -0.2) is 52.9 Å². The van der Waals surface area contributed by atoms with Gasteiger partial charge in [-0.3, -0.25) is 4.79 Å². The zero-order chi connectivity index (χ0) is 13.1. The number of anilines is 1. The maximum absolute atomic E-state index is 12.1. The van der Waals surface area contributed by atoms with Gasteiger partial charge in [-0.05, 0) is 31.2 Å². The molecule has 0 bridgehead atoms. The van der Waals surface area contributed by atoms with Gasteiger partial charge >= 0.3 is 0 Å². The van der Waals surface area contributed by atoms with Crippen LogP contribution in [0.3, 0.4) is 0 Å². The zero-order valence-corrected chi connectivity index (χ0v) is 10.3. The monoisotopic (exact) mass is 250 g/mol. The van der Waals surface area contributed by atoms with Crippen molar-refractivity contribution in [2.75, 3.05) is 25.0 Å². The number of rotatable bonds is 3. The second-order valence-electron chi connectivity index (χ2n) is 4.45. The van der Waals surface area contributed by atoms with Crippen LogP contribution >= 0.6 is 0 Å². The lowest BCUT2D eigenvalue weighted by atomic mass is 10.2. The minimum atomic E-state index is -0.838. The predicted octanol–water partition coefficient (Wildman–Crippen LogP) is 0.296. The quantitative estimate of drug-likeness (QED) is 0.721. The number of β-amino-alcohol motifs (C(OH)–C–C–N with tert-alkyl or cyclic N) is 2. The van der Waals surface area contributed by atoms with E-state index >= 15 is 0 Å². The number of likely N-dealkylation sites (tertiary alicyclic amines) is 1. The Hall–Kier alpha value is -1.59. The first-order valence-corrected chi connectivity index (χ1v) is 6.11. The van der Waals surface area contributed by atoms with Gasteiger partial charge in [0.15, 0.2) is 0 Å². The van der Waals surface area contributed by atoms with Gasteiger partial charge in [0.1, 0.15) is 0 Å². The maximum Gasteiger partial charge on any atom is 0.254 e. The van der Waals surface area contributed by atoms with Crippen LogP contribution in [0.25, 0.3) is 0 Å². The van der Waals surface area contributed by atoms with Crippen molar-refractivity contribution in [1.29, 1.82) is 0 Å². The first-order chi connectivity index (χ1) is 8.61. The standard InChI is InChI=1S/C13H18N2O3/c1-2-14-10-5-3-9(4-6-10)13(18)15-7-11(16)12(17)8-15/h3-6,11-12,14,16-17H,2,7-8H2,1H3. The fourth-order valence-electron chi connectivity index (χ4n) is 2.05. The number of carbonyl (C=O) groups excluding carboxylic acids is 1. The SMILES string of the molecule is CCNc1ccc(C(=O)N2CC(O)C(O)C2)cc1. The molecule has 0 aliphatic carbocycles. The highest BCUT2D eigenvalue weighted by Gasteiger charge is 2.32. The Bertz CT molecular complexity index is 409. The second-order valence-corrected chi connectivity index (χ2v) is 4.45. The number of hydrogen-bond acceptors (Lipinski definition) is 4. The van der Waals surface area contributed by atoms with Crippen LogP contribution in [0.15, 0.2) is 24.3 Å². The highest BCUT2D eigenvalue weighted by Crippen LogP contribution is 2.16. The lowest BCUT2D eigenvalue weighted by Gasteiger charge is -2.15. The van der Waals surface area contributed by atoms with Gasteiger partial charge in [0.25, 0.3) is 5.91 Å². The Morgan fingerprint density at radius 1 is 1.28 bits per heavy atom. The molecule has 2 rings (SSSR count). The van der Waals surface area contributed by atoms with E-state index in [1.54, 1.807) is 12.1 Å². The van der Waals surface area contributed by atoms with Crippen molar-refractivity contribution in [3.05, 3.63) is 29.8 Å². The van der Waals surface area contributed by atoms with Crippen molar-refractivity contribution in [2.45, 2.75) is 19.1 Å². The molecule has 0 saturated carbocycles. The molecule has 5 heteroatoms. The number of hydrogen-bond donors (Lipinski definition) is 3. The van der Waals surface area contributed by atoms with E-state index in [2.05, 4.69) is 5.32 Å². The average Bonchev–Trinajstić information content (AvgIpc) is 2.70. The fourth-order valence-corrected chi connectivity index (χ4v) is 2.05. The van der Waals surface area contributed by atoms with Crippen molar-refractivity contribution < 1.29 is 15.0 Å². The molecular weight excluding hydrogens is 232 g/mol. The number of nitrogens with zero attached hydrogens (tertiary/aromatic N) is 1. The lowest BCUT2D eigenvalue weighted by Crippen LogP contribution is -2.29. The first kappa shape index (κ1) is 12.9. The van der Waals surface area contributed by atoms with Crippen molar-refractivity contribution >= 4 is 11.6 Å². The molecule has 0 spiro atoms. The molecule has 1 aliphatic heterocycles. The molecule has 1 fully saturated rings. The summed E-state index contributed by atoms with van der Waals surface area (Å²) >= 11 is 0. The molecular formula is C13H18N2O3. The Kier molecular flexibility index (Phi) is 3.84. The molecule has 98 valence electrons. The fraction of sp³-hybridized carbons (Fsp3) is 0.462. The summed E-state index contributed by atoms with van der Waals surface area (Å²) in [6, 6.07) is 7.19. The summed E-state index contributed by atoms with van der Waals surface area (Å²) in [7, 11) is 0. The second kappa shape index (κ2) is 5.37. The van der Waals surface area contributed by atoms with E-state index in [0.717, 1.165) is 12.2 Å². The third-order valence-electron chi connectivity index (χ3n) is 3.06. The normalized spacial score (nSPS) is 23.2. The molecule has 0 radical (unpaired) electrons. The molecule has 1 heterocycles. The third kappa shape index (κ3) is 2.63. The van der Waals surface area contributed by atoms with Crippen LogP contribution < -0.4 is 5.32 Å². The van der Waals surface area contributed by atoms with Crippen molar-refractivity contribution in [3.8, 4) is 0 Å². The van der Waals surface area contributed by atoms with Crippen LogP contribution in [0.2, 0.25) is 0 Å². The summed E-state index contributed by atoms with van der Waals surface area (Å²) in [6.07, 6.45) is -1.68. The minimum absolute atomic E-state index is 0.159. The highest BCUT2D eigenvalue weighted by atomic mass is 16.3. The lowest BCUT2D eigenvalue weighted by molar-refractivity contribution is 0.0572. The molecule has 2 unspecified atom stereocenters. The largest absolute Gasteiger partial charge is 0.388 e. The third-order valence-corrected chi connectivity index (χ3v) is 3.06. The van der Waals surface area contributed by atoms with Gasteiger partial charge < -0.3 is 20.4 Å². The number of nitrogens with one attached hydrogen (secondary N) is 1. The summed E-state index contributed by atoms with van der Waals surface area (Å²) in [6.45, 7) is 3.22. The summed E-state index contributed by atoms with van der Waals surface area (Å²) in [4.78, 5) is 13.6. The minimum Gasteiger partial charge on any atom is -0.388 e. The average molecular weight is 250 g/mol. The summed E-state index contributed by atoms with van der Waals surface area (Å²) in [5.41, 5.74) is 1.54. The van der Waals surface area contributed by atoms with Crippen molar-refractivity contribution in [3.63, 3.8) is 0 Å². The van der Waals surface area contributed by atoms with Gasteiger partial charge in [-0.2, -0.15) is 0 Å². The van der Waals surface area contributed by atoms with Crippen LogP contribution in [0, 0.1) is 0 Å². The topological polar surface area (TPSA) is 72.8 Å². The van der Waals surface area contributed by atoms with Gasteiger partial charge in [-0.25, -0.2) is 0 Å². The van der Waals surface area contributed by atoms with E-state index in [1.165, 1.54) is 4.90 Å². The van der Waals surface area contributed by atoms with Gasteiger partial charge in [-0.15, -0.1) is 0 Å². The molecule has 0 aromatic heterocycles. The zero-order valence-electron chi connectivity index (χ0n) is 10.3. The number of aliphatic hydroxyl groups excluding tert-OH is 2. The van der Waals surface area contributed by atoms with E-state index in [-0.39, 0.29) is 19.0 Å². The summed E-state index contributed by atoms with van der Waals surface area (Å²) in [5, 5.41) is 22.0. The van der Waals surface area contributed by atoms with Crippen LogP contribution in [-0.2, 0) is 0 Å². The molecule has 18 heavy (non-hydrogen) atoms. The van der Waals surface area contributed by atoms with Crippen LogP contribution in [0.1, 0.15) is 17.3 Å². The molecule has 1 aliphatic rings.